The normalized spacial score (nSPS) is 11.1. The molecule has 27 heavy (non-hydrogen) atoms. The van der Waals surface area contributed by atoms with E-state index in [1.807, 2.05) is 6.92 Å². The van der Waals surface area contributed by atoms with Crippen LogP contribution in [0.2, 0.25) is 0 Å². The van der Waals surface area contributed by atoms with Crippen molar-refractivity contribution in [3.8, 4) is 11.5 Å². The van der Waals surface area contributed by atoms with Gasteiger partial charge in [-0.05, 0) is 37.1 Å². The average Bonchev–Trinajstić information content (AvgIpc) is 2.61. The van der Waals surface area contributed by atoms with Gasteiger partial charge in [0.15, 0.2) is 6.29 Å². The Morgan fingerprint density at radius 1 is 1.19 bits per heavy atom. The van der Waals surface area contributed by atoms with Gasteiger partial charge in [0.1, 0.15) is 17.1 Å². The number of esters is 1. The number of benzene rings is 2. The summed E-state index contributed by atoms with van der Waals surface area (Å²) in [6, 6.07) is 8.93. The highest BCUT2D eigenvalue weighted by Gasteiger charge is 2.38. The maximum absolute atomic E-state index is 13.5. The largest absolute Gasteiger partial charge is 0.493 e. The van der Waals surface area contributed by atoms with Crippen molar-refractivity contribution in [2.75, 3.05) is 6.61 Å². The predicted molar refractivity (Wildman–Crippen MR) is 93.4 cm³/mol. The predicted octanol–water partition coefficient (Wildman–Crippen LogP) is 5.22. The molecule has 4 nitrogen and oxygen atoms in total. The Hall–Kier alpha value is -2.83. The molecule has 0 unspecified atom stereocenters. The molecule has 0 saturated carbocycles. The minimum absolute atomic E-state index is 0.100. The lowest BCUT2D eigenvalue weighted by molar-refractivity contribution is -0.138. The van der Waals surface area contributed by atoms with Gasteiger partial charge in [-0.15, -0.1) is 0 Å². The first-order valence-corrected chi connectivity index (χ1v) is 8.39. The van der Waals surface area contributed by atoms with E-state index in [-0.39, 0.29) is 30.0 Å². The number of para-hydroxylation sites is 1. The van der Waals surface area contributed by atoms with Crippen LogP contribution in [-0.2, 0) is 6.18 Å². The first-order chi connectivity index (χ1) is 12.8. The van der Waals surface area contributed by atoms with Crippen LogP contribution in [0.5, 0.6) is 11.5 Å². The van der Waals surface area contributed by atoms with Crippen molar-refractivity contribution in [1.29, 1.82) is 0 Å². The Balaban J connectivity index is 2.56. The molecule has 0 amide bonds. The number of alkyl halides is 3. The molecular formula is C20H19F3O4. The summed E-state index contributed by atoms with van der Waals surface area (Å²) in [5.41, 5.74) is -2.49. The van der Waals surface area contributed by atoms with Gasteiger partial charge < -0.3 is 9.47 Å². The fraction of sp³-hybridized carbons (Fsp3) is 0.300. The van der Waals surface area contributed by atoms with E-state index < -0.39 is 28.8 Å². The van der Waals surface area contributed by atoms with Gasteiger partial charge >= 0.3 is 12.1 Å². The number of ether oxygens (including phenoxy) is 2. The zero-order valence-corrected chi connectivity index (χ0v) is 14.9. The highest BCUT2D eigenvalue weighted by molar-refractivity contribution is 5.97. The van der Waals surface area contributed by atoms with Gasteiger partial charge in [0.2, 0.25) is 0 Å². The summed E-state index contributed by atoms with van der Waals surface area (Å²) < 4.78 is 51.1. The zero-order chi connectivity index (χ0) is 20.0. The molecule has 0 aliphatic rings. The first-order valence-electron chi connectivity index (χ1n) is 8.39. The van der Waals surface area contributed by atoms with Gasteiger partial charge in [0.25, 0.3) is 0 Å². The monoisotopic (exact) mass is 380 g/mol. The van der Waals surface area contributed by atoms with Crippen molar-refractivity contribution in [2.45, 2.75) is 32.9 Å². The quantitative estimate of drug-likeness (QED) is 0.286. The molecule has 0 atom stereocenters. The number of carbonyl (C=O) groups is 2. The molecule has 0 aromatic heterocycles. The third-order valence-electron chi connectivity index (χ3n) is 3.90. The SMILES string of the molecule is CCCCOc1cc(C=O)c(C(F)(F)F)c(C)c1C(=O)Oc1ccccc1. The highest BCUT2D eigenvalue weighted by Crippen LogP contribution is 2.39. The maximum atomic E-state index is 13.5. The van der Waals surface area contributed by atoms with E-state index in [0.717, 1.165) is 19.4 Å². The summed E-state index contributed by atoms with van der Waals surface area (Å²) in [6.07, 6.45) is -3.26. The van der Waals surface area contributed by atoms with E-state index in [1.165, 1.54) is 12.1 Å². The Bertz CT molecular complexity index is 814. The molecule has 2 aromatic rings. The number of hydrogen-bond donors (Lipinski definition) is 0. The number of hydrogen-bond acceptors (Lipinski definition) is 4. The Morgan fingerprint density at radius 2 is 1.85 bits per heavy atom. The summed E-state index contributed by atoms with van der Waals surface area (Å²) >= 11 is 0. The standard InChI is InChI=1S/C20H19F3O4/c1-3-4-10-26-16-11-14(12-24)18(20(21,22)23)13(2)17(16)19(25)27-15-8-6-5-7-9-15/h5-9,11-12H,3-4,10H2,1-2H3. The molecule has 0 radical (unpaired) electrons. The summed E-state index contributed by atoms with van der Waals surface area (Å²) in [4.78, 5) is 23.8. The second-order valence-electron chi connectivity index (χ2n) is 5.86. The summed E-state index contributed by atoms with van der Waals surface area (Å²) in [6.45, 7) is 3.25. The number of unbranched alkanes of at least 4 members (excludes halogenated alkanes) is 1. The lowest BCUT2D eigenvalue weighted by Gasteiger charge is -2.19. The van der Waals surface area contributed by atoms with Crippen molar-refractivity contribution in [3.05, 3.63) is 58.7 Å². The van der Waals surface area contributed by atoms with Crippen molar-refractivity contribution in [3.63, 3.8) is 0 Å². The van der Waals surface area contributed by atoms with Crippen LogP contribution in [0.1, 0.15) is 51.6 Å². The van der Waals surface area contributed by atoms with E-state index in [1.54, 1.807) is 18.2 Å². The van der Waals surface area contributed by atoms with E-state index in [0.29, 0.717) is 6.42 Å². The number of rotatable bonds is 7. The van der Waals surface area contributed by atoms with E-state index in [9.17, 15) is 22.8 Å². The van der Waals surface area contributed by atoms with Crippen LogP contribution in [-0.4, -0.2) is 18.9 Å². The highest BCUT2D eigenvalue weighted by atomic mass is 19.4. The third-order valence-corrected chi connectivity index (χ3v) is 3.90. The van der Waals surface area contributed by atoms with Crippen LogP contribution < -0.4 is 9.47 Å². The first kappa shape index (κ1) is 20.5. The van der Waals surface area contributed by atoms with Crippen molar-refractivity contribution < 1.29 is 32.2 Å². The lowest BCUT2D eigenvalue weighted by atomic mass is 9.95. The minimum Gasteiger partial charge on any atom is -0.493 e. The van der Waals surface area contributed by atoms with Crippen LogP contribution in [0.4, 0.5) is 13.2 Å². The number of carbonyl (C=O) groups excluding carboxylic acids is 2. The molecule has 0 bridgehead atoms. The molecule has 2 aromatic carbocycles. The molecule has 0 spiro atoms. The third kappa shape index (κ3) is 4.87. The van der Waals surface area contributed by atoms with Crippen LogP contribution in [0, 0.1) is 6.92 Å². The Kier molecular flexibility index (Phi) is 6.60. The number of aldehydes is 1. The van der Waals surface area contributed by atoms with Crippen LogP contribution >= 0.6 is 0 Å². The van der Waals surface area contributed by atoms with Crippen molar-refractivity contribution in [2.24, 2.45) is 0 Å². The average molecular weight is 380 g/mol. The van der Waals surface area contributed by atoms with E-state index in [2.05, 4.69) is 0 Å². The molecule has 7 heteroatoms. The molecule has 0 heterocycles. The van der Waals surface area contributed by atoms with Gasteiger partial charge in [0, 0.05) is 5.56 Å². The summed E-state index contributed by atoms with van der Waals surface area (Å²) in [7, 11) is 0. The Labute approximate surface area is 154 Å². The molecule has 2 rings (SSSR count). The van der Waals surface area contributed by atoms with Gasteiger partial charge in [-0.25, -0.2) is 4.79 Å². The molecule has 0 N–H and O–H groups in total. The fourth-order valence-corrected chi connectivity index (χ4v) is 2.62. The van der Waals surface area contributed by atoms with E-state index in [4.69, 9.17) is 9.47 Å². The summed E-state index contributed by atoms with van der Waals surface area (Å²) in [5, 5.41) is 0. The second-order valence-corrected chi connectivity index (χ2v) is 5.86. The minimum atomic E-state index is -4.80. The maximum Gasteiger partial charge on any atom is 0.417 e. The van der Waals surface area contributed by atoms with Crippen LogP contribution in [0.3, 0.4) is 0 Å². The van der Waals surface area contributed by atoms with Crippen LogP contribution in [0.15, 0.2) is 36.4 Å². The zero-order valence-electron chi connectivity index (χ0n) is 14.9. The van der Waals surface area contributed by atoms with Gasteiger partial charge in [-0.1, -0.05) is 31.5 Å². The summed E-state index contributed by atoms with van der Waals surface area (Å²) in [5.74, 6) is -0.889. The van der Waals surface area contributed by atoms with Crippen molar-refractivity contribution >= 4 is 12.3 Å². The second kappa shape index (κ2) is 8.70. The van der Waals surface area contributed by atoms with Gasteiger partial charge in [-0.3, -0.25) is 4.79 Å². The molecule has 0 aliphatic heterocycles. The molecular weight excluding hydrogens is 361 g/mol. The Morgan fingerprint density at radius 3 is 2.41 bits per heavy atom. The molecule has 144 valence electrons. The lowest BCUT2D eigenvalue weighted by Crippen LogP contribution is -2.19. The van der Waals surface area contributed by atoms with Crippen molar-refractivity contribution in [1.82, 2.24) is 0 Å². The topological polar surface area (TPSA) is 52.6 Å². The molecule has 0 fully saturated rings. The molecule has 0 saturated heterocycles. The molecule has 0 aliphatic carbocycles. The van der Waals surface area contributed by atoms with Crippen LogP contribution in [0.25, 0.3) is 0 Å². The van der Waals surface area contributed by atoms with Gasteiger partial charge in [-0.2, -0.15) is 13.2 Å². The van der Waals surface area contributed by atoms with Gasteiger partial charge in [0.05, 0.1) is 12.2 Å². The van der Waals surface area contributed by atoms with E-state index >= 15 is 0 Å². The smallest absolute Gasteiger partial charge is 0.417 e. The number of halogens is 3. The fourth-order valence-electron chi connectivity index (χ4n) is 2.62.